The van der Waals surface area contributed by atoms with Crippen molar-refractivity contribution in [3.63, 3.8) is 0 Å². The summed E-state index contributed by atoms with van der Waals surface area (Å²) in [5.41, 5.74) is 5.12. The van der Waals surface area contributed by atoms with E-state index >= 15 is 0 Å². The van der Waals surface area contributed by atoms with Gasteiger partial charge in [0.15, 0.2) is 0 Å². The summed E-state index contributed by atoms with van der Waals surface area (Å²) in [7, 11) is -3.53. The summed E-state index contributed by atoms with van der Waals surface area (Å²) in [6.45, 7) is 1.67. The molecule has 0 atom stereocenters. The van der Waals surface area contributed by atoms with Crippen LogP contribution in [0, 0.1) is 6.92 Å². The average molecular weight is 252 g/mol. The molecule has 78 valence electrons. The minimum absolute atomic E-state index is 0.0845. The first-order valence-electron chi connectivity index (χ1n) is 3.48. The topological polar surface area (TPSA) is 98.0 Å². The smallest absolute Gasteiger partial charge is 0.241 e. The van der Waals surface area contributed by atoms with Crippen LogP contribution < -0.4 is 10.5 Å². The van der Waals surface area contributed by atoms with E-state index in [0.717, 1.165) is 11.5 Å². The van der Waals surface area contributed by atoms with Crippen molar-refractivity contribution in [1.29, 1.82) is 0 Å². The van der Waals surface area contributed by atoms with Crippen molar-refractivity contribution >= 4 is 43.9 Å². The highest BCUT2D eigenvalue weighted by Gasteiger charge is 2.13. The van der Waals surface area contributed by atoms with Gasteiger partial charge in [-0.15, -0.1) is 0 Å². The molecule has 0 aliphatic carbocycles. The Morgan fingerprint density at radius 3 is 2.79 bits per heavy atom. The molecule has 0 spiro atoms. The zero-order chi connectivity index (χ0) is 10.8. The molecule has 0 amide bonds. The number of nitrogens with one attached hydrogen (secondary N) is 1. The van der Waals surface area contributed by atoms with Crippen LogP contribution >= 0.6 is 23.8 Å². The summed E-state index contributed by atoms with van der Waals surface area (Å²) < 4.78 is 28.6. The van der Waals surface area contributed by atoms with Crippen molar-refractivity contribution < 1.29 is 8.42 Å². The molecule has 1 aromatic rings. The highest BCUT2D eigenvalue weighted by Crippen LogP contribution is 2.11. The number of rotatable bonds is 4. The van der Waals surface area contributed by atoms with Crippen molar-refractivity contribution in [3.05, 3.63) is 5.82 Å². The molecular weight excluding hydrogens is 244 g/mol. The van der Waals surface area contributed by atoms with Gasteiger partial charge in [-0.3, -0.25) is 4.72 Å². The highest BCUT2D eigenvalue weighted by atomic mass is 32.2. The van der Waals surface area contributed by atoms with Gasteiger partial charge in [0.1, 0.15) is 11.6 Å². The Morgan fingerprint density at radius 1 is 1.71 bits per heavy atom. The summed E-state index contributed by atoms with van der Waals surface area (Å²) in [5.74, 6) is 0.129. The van der Waals surface area contributed by atoms with E-state index in [4.69, 9.17) is 5.73 Å². The molecule has 0 bridgehead atoms. The Hall–Kier alpha value is -0.800. The van der Waals surface area contributed by atoms with Gasteiger partial charge >= 0.3 is 0 Å². The molecule has 6 nitrogen and oxygen atoms in total. The van der Waals surface area contributed by atoms with Gasteiger partial charge < -0.3 is 5.73 Å². The maximum atomic E-state index is 11.3. The molecule has 0 fully saturated rings. The van der Waals surface area contributed by atoms with Crippen LogP contribution in [0.15, 0.2) is 0 Å². The second kappa shape index (κ2) is 4.15. The molecule has 0 aromatic carbocycles. The summed E-state index contributed by atoms with van der Waals surface area (Å²) in [6, 6.07) is 0. The first-order valence-corrected chi connectivity index (χ1v) is 6.31. The van der Waals surface area contributed by atoms with Crippen LogP contribution in [0.5, 0.6) is 0 Å². The second-order valence-electron chi connectivity index (χ2n) is 2.47. The number of thiocarbonyl (C=S) groups is 1. The molecule has 0 unspecified atom stereocenters. The quantitative estimate of drug-likeness (QED) is 0.725. The summed E-state index contributed by atoms with van der Waals surface area (Å²) in [6.07, 6.45) is 0. The predicted molar refractivity (Wildman–Crippen MR) is 58.8 cm³/mol. The summed E-state index contributed by atoms with van der Waals surface area (Å²) in [4.78, 5) is 3.75. The number of aryl methyl sites for hydroxylation is 1. The van der Waals surface area contributed by atoms with Gasteiger partial charge in [0.25, 0.3) is 0 Å². The Bertz CT molecular complexity index is 438. The molecule has 9 heteroatoms. The van der Waals surface area contributed by atoms with Gasteiger partial charge in [-0.25, -0.2) is 13.4 Å². The van der Waals surface area contributed by atoms with Crippen molar-refractivity contribution in [2.75, 3.05) is 10.5 Å². The van der Waals surface area contributed by atoms with Crippen LogP contribution in [0.1, 0.15) is 5.82 Å². The maximum Gasteiger partial charge on any atom is 0.241 e. The number of nitrogens with two attached hydrogens (primary N) is 1. The highest BCUT2D eigenvalue weighted by molar-refractivity contribution is 7.95. The van der Waals surface area contributed by atoms with Gasteiger partial charge in [0.2, 0.25) is 15.2 Å². The molecule has 0 aliphatic heterocycles. The minimum Gasteiger partial charge on any atom is -0.392 e. The van der Waals surface area contributed by atoms with Crippen LogP contribution in [0.4, 0.5) is 5.13 Å². The fourth-order valence-corrected chi connectivity index (χ4v) is 2.88. The normalized spacial score (nSPS) is 11.2. The van der Waals surface area contributed by atoms with Gasteiger partial charge in [-0.1, -0.05) is 12.2 Å². The lowest BCUT2D eigenvalue weighted by Gasteiger charge is -2.01. The van der Waals surface area contributed by atoms with E-state index in [1.165, 1.54) is 0 Å². The molecule has 1 rings (SSSR count). The number of anilines is 1. The zero-order valence-electron chi connectivity index (χ0n) is 7.22. The van der Waals surface area contributed by atoms with E-state index < -0.39 is 10.0 Å². The van der Waals surface area contributed by atoms with E-state index in [1.54, 1.807) is 6.92 Å². The molecule has 0 radical (unpaired) electrons. The lowest BCUT2D eigenvalue weighted by atomic mass is 10.8. The second-order valence-corrected chi connectivity index (χ2v) is 5.47. The third-order valence-electron chi connectivity index (χ3n) is 1.10. The van der Waals surface area contributed by atoms with Crippen molar-refractivity contribution in [2.24, 2.45) is 5.73 Å². The molecule has 0 saturated carbocycles. The SMILES string of the molecule is Cc1nsc(NS(=O)(=O)CC(N)=S)n1. The fraction of sp³-hybridized carbons (Fsp3) is 0.400. The average Bonchev–Trinajstić information content (AvgIpc) is 2.30. The molecule has 3 N–H and O–H groups in total. The Balaban J connectivity index is 2.73. The zero-order valence-corrected chi connectivity index (χ0v) is 9.67. The van der Waals surface area contributed by atoms with E-state index in [-0.39, 0.29) is 15.9 Å². The minimum atomic E-state index is -3.53. The van der Waals surface area contributed by atoms with Crippen molar-refractivity contribution in [3.8, 4) is 0 Å². The van der Waals surface area contributed by atoms with Gasteiger partial charge in [-0.05, 0) is 6.92 Å². The lowest BCUT2D eigenvalue weighted by Crippen LogP contribution is -2.26. The molecule has 1 aromatic heterocycles. The van der Waals surface area contributed by atoms with E-state index in [1.807, 2.05) is 0 Å². The van der Waals surface area contributed by atoms with Crippen LogP contribution in [0.25, 0.3) is 0 Å². The summed E-state index contributed by atoms with van der Waals surface area (Å²) >= 11 is 5.46. The molecule has 1 heterocycles. The third-order valence-corrected chi connectivity index (χ3v) is 3.48. The van der Waals surface area contributed by atoms with Crippen LogP contribution in [-0.4, -0.2) is 28.5 Å². The number of aromatic nitrogens is 2. The Morgan fingerprint density at radius 2 is 2.36 bits per heavy atom. The first-order chi connectivity index (χ1) is 6.39. The Kier molecular flexibility index (Phi) is 3.34. The first kappa shape index (κ1) is 11.3. The van der Waals surface area contributed by atoms with Crippen LogP contribution in [0.3, 0.4) is 0 Å². The molecule has 0 aliphatic rings. The summed E-state index contributed by atoms with van der Waals surface area (Å²) in [5, 5.41) is 0.221. The standard InChI is InChI=1S/C5H8N4O2S3/c1-3-7-5(13-8-3)9-14(10,11)2-4(6)12/h2H2,1H3,(H2,6,12)(H,7,8,9). The number of hydrogen-bond acceptors (Lipinski definition) is 6. The van der Waals surface area contributed by atoms with Crippen LogP contribution in [-0.2, 0) is 10.0 Å². The fourth-order valence-electron chi connectivity index (χ4n) is 0.695. The van der Waals surface area contributed by atoms with Gasteiger partial charge in [0.05, 0.1) is 4.99 Å². The maximum absolute atomic E-state index is 11.3. The van der Waals surface area contributed by atoms with E-state index in [2.05, 4.69) is 26.3 Å². The lowest BCUT2D eigenvalue weighted by molar-refractivity contribution is 0.605. The van der Waals surface area contributed by atoms with E-state index in [0.29, 0.717) is 5.82 Å². The van der Waals surface area contributed by atoms with Gasteiger partial charge in [0, 0.05) is 11.5 Å². The predicted octanol–water partition coefficient (Wildman–Crippen LogP) is -0.126. The molecule has 14 heavy (non-hydrogen) atoms. The van der Waals surface area contributed by atoms with Crippen molar-refractivity contribution in [1.82, 2.24) is 9.36 Å². The number of nitrogens with zero attached hydrogens (tertiary/aromatic N) is 2. The van der Waals surface area contributed by atoms with Gasteiger partial charge in [-0.2, -0.15) is 4.37 Å². The molecular formula is C5H8N4O2S3. The van der Waals surface area contributed by atoms with Crippen molar-refractivity contribution in [2.45, 2.75) is 6.92 Å². The number of sulfonamides is 1. The molecule has 0 saturated heterocycles. The largest absolute Gasteiger partial charge is 0.392 e. The monoisotopic (exact) mass is 252 g/mol. The van der Waals surface area contributed by atoms with E-state index in [9.17, 15) is 8.42 Å². The number of hydrogen-bond donors (Lipinski definition) is 2. The van der Waals surface area contributed by atoms with Crippen LogP contribution in [0.2, 0.25) is 0 Å². The Labute approximate surface area is 90.8 Å². The third kappa shape index (κ3) is 3.52.